The number of hydrogen-bond acceptors (Lipinski definition) is 3. The minimum atomic E-state index is -0.294. The molecule has 4 aromatic rings. The molecular formula is C20H17ClFN5O. The molecule has 28 heavy (non-hydrogen) atoms. The van der Waals surface area contributed by atoms with Crippen molar-refractivity contribution in [1.29, 1.82) is 0 Å². The van der Waals surface area contributed by atoms with Crippen LogP contribution in [0.15, 0.2) is 54.7 Å². The number of carbonyl (C=O) groups excluding carboxylic acids is 1. The number of fused-ring (bicyclic) bond motifs is 1. The molecule has 0 spiro atoms. The summed E-state index contributed by atoms with van der Waals surface area (Å²) >= 11 is 6.16. The molecule has 0 atom stereocenters. The second-order valence-corrected chi connectivity index (χ2v) is 6.99. The summed E-state index contributed by atoms with van der Waals surface area (Å²) in [4.78, 5) is 17.4. The first-order valence-corrected chi connectivity index (χ1v) is 9.03. The predicted octanol–water partition coefficient (Wildman–Crippen LogP) is 3.87. The first-order chi connectivity index (χ1) is 13.5. The monoisotopic (exact) mass is 397 g/mol. The Hall–Kier alpha value is -3.19. The van der Waals surface area contributed by atoms with Gasteiger partial charge in [0, 0.05) is 28.7 Å². The third kappa shape index (κ3) is 3.75. The molecule has 0 fully saturated rings. The Morgan fingerprint density at radius 1 is 1.25 bits per heavy atom. The quantitative estimate of drug-likeness (QED) is 0.556. The van der Waals surface area contributed by atoms with Crippen LogP contribution in [0.2, 0.25) is 5.02 Å². The van der Waals surface area contributed by atoms with Gasteiger partial charge in [0.2, 0.25) is 0 Å². The van der Waals surface area contributed by atoms with E-state index in [-0.39, 0.29) is 17.4 Å². The van der Waals surface area contributed by atoms with Gasteiger partial charge in [-0.1, -0.05) is 35.0 Å². The third-order valence-corrected chi connectivity index (χ3v) is 4.81. The van der Waals surface area contributed by atoms with Gasteiger partial charge < -0.3 is 9.88 Å². The van der Waals surface area contributed by atoms with Gasteiger partial charge in [-0.3, -0.25) is 4.79 Å². The van der Waals surface area contributed by atoms with Crippen LogP contribution < -0.4 is 0 Å². The lowest BCUT2D eigenvalue weighted by molar-refractivity contribution is 0.0777. The number of hydrogen-bond donors (Lipinski definition) is 1. The van der Waals surface area contributed by atoms with Crippen molar-refractivity contribution in [2.75, 3.05) is 7.05 Å². The number of aromatic nitrogens is 4. The van der Waals surface area contributed by atoms with Crippen LogP contribution in [0.25, 0.3) is 10.9 Å². The highest BCUT2D eigenvalue weighted by Gasteiger charge is 2.17. The number of amides is 1. The average molecular weight is 398 g/mol. The molecule has 6 nitrogen and oxygen atoms in total. The zero-order valence-electron chi connectivity index (χ0n) is 15.1. The van der Waals surface area contributed by atoms with Gasteiger partial charge in [0.15, 0.2) is 5.69 Å². The molecule has 2 aromatic carbocycles. The Balaban J connectivity index is 1.46. The van der Waals surface area contributed by atoms with Crippen LogP contribution in [-0.4, -0.2) is 37.8 Å². The van der Waals surface area contributed by atoms with Crippen molar-refractivity contribution in [2.45, 2.75) is 13.1 Å². The van der Waals surface area contributed by atoms with Crippen molar-refractivity contribution < 1.29 is 9.18 Å². The van der Waals surface area contributed by atoms with Crippen molar-refractivity contribution in [1.82, 2.24) is 24.9 Å². The smallest absolute Gasteiger partial charge is 0.276 e. The summed E-state index contributed by atoms with van der Waals surface area (Å²) in [5, 5.41) is 9.40. The molecular weight excluding hydrogens is 381 g/mol. The fraction of sp³-hybridized carbons (Fsp3) is 0.150. The van der Waals surface area contributed by atoms with Gasteiger partial charge in [-0.15, -0.1) is 5.10 Å². The molecule has 2 heterocycles. The molecule has 0 saturated heterocycles. The Kier molecular flexibility index (Phi) is 4.83. The van der Waals surface area contributed by atoms with E-state index in [1.165, 1.54) is 17.0 Å². The van der Waals surface area contributed by atoms with Gasteiger partial charge in [0.1, 0.15) is 5.82 Å². The van der Waals surface area contributed by atoms with Gasteiger partial charge in [0.25, 0.3) is 5.91 Å². The van der Waals surface area contributed by atoms with E-state index in [2.05, 4.69) is 15.3 Å². The van der Waals surface area contributed by atoms with E-state index in [1.54, 1.807) is 30.1 Å². The number of halogens is 2. The predicted molar refractivity (Wildman–Crippen MR) is 105 cm³/mol. The lowest BCUT2D eigenvalue weighted by Crippen LogP contribution is -2.26. The standard InChI is InChI=1S/C20H17ClFN5O/c1-26(11-16-9-14-8-15(22)6-7-18(14)23-16)20(28)19-12-27(25-24-19)10-13-4-2-3-5-17(13)21/h2-9,12,23H,10-11H2,1H3. The minimum Gasteiger partial charge on any atom is -0.357 e. The number of nitrogens with one attached hydrogen (secondary N) is 1. The van der Waals surface area contributed by atoms with Crippen LogP contribution >= 0.6 is 11.6 Å². The Bertz CT molecular complexity index is 1150. The summed E-state index contributed by atoms with van der Waals surface area (Å²) in [5.74, 6) is -0.548. The molecule has 8 heteroatoms. The number of aromatic amines is 1. The summed E-state index contributed by atoms with van der Waals surface area (Å²) in [6, 6.07) is 13.8. The molecule has 1 N–H and O–H groups in total. The number of benzene rings is 2. The average Bonchev–Trinajstić information content (AvgIpc) is 3.29. The van der Waals surface area contributed by atoms with Crippen LogP contribution in [0, 0.1) is 5.82 Å². The first kappa shape index (κ1) is 18.2. The lowest BCUT2D eigenvalue weighted by Gasteiger charge is -2.14. The van der Waals surface area contributed by atoms with Crippen molar-refractivity contribution >= 4 is 28.4 Å². The van der Waals surface area contributed by atoms with E-state index >= 15 is 0 Å². The number of rotatable bonds is 5. The van der Waals surface area contributed by atoms with Crippen molar-refractivity contribution in [3.05, 3.63) is 82.5 Å². The highest BCUT2D eigenvalue weighted by atomic mass is 35.5. The van der Waals surface area contributed by atoms with Crippen molar-refractivity contribution in [3.8, 4) is 0 Å². The highest BCUT2D eigenvalue weighted by molar-refractivity contribution is 6.31. The molecule has 2 aromatic heterocycles. The molecule has 1 amide bonds. The summed E-state index contributed by atoms with van der Waals surface area (Å²) in [7, 11) is 1.68. The molecule has 0 aliphatic rings. The fourth-order valence-corrected chi connectivity index (χ4v) is 3.24. The fourth-order valence-electron chi connectivity index (χ4n) is 3.05. The van der Waals surface area contributed by atoms with E-state index in [1.807, 2.05) is 24.3 Å². The number of nitrogens with zero attached hydrogens (tertiary/aromatic N) is 4. The van der Waals surface area contributed by atoms with Gasteiger partial charge >= 0.3 is 0 Å². The maximum absolute atomic E-state index is 13.3. The first-order valence-electron chi connectivity index (χ1n) is 8.66. The minimum absolute atomic E-state index is 0.247. The van der Waals surface area contributed by atoms with Crippen molar-refractivity contribution in [2.24, 2.45) is 0 Å². The van der Waals surface area contributed by atoms with E-state index in [0.717, 1.165) is 22.2 Å². The largest absolute Gasteiger partial charge is 0.357 e. The molecule has 0 bridgehead atoms. The maximum Gasteiger partial charge on any atom is 0.276 e. The Morgan fingerprint density at radius 2 is 2.07 bits per heavy atom. The number of carbonyl (C=O) groups is 1. The lowest BCUT2D eigenvalue weighted by atomic mass is 10.2. The van der Waals surface area contributed by atoms with Gasteiger partial charge in [-0.05, 0) is 35.9 Å². The van der Waals surface area contributed by atoms with Gasteiger partial charge in [-0.25, -0.2) is 9.07 Å². The van der Waals surface area contributed by atoms with Gasteiger partial charge in [0.05, 0.1) is 19.3 Å². The topological polar surface area (TPSA) is 66.8 Å². The van der Waals surface area contributed by atoms with Crippen LogP contribution in [0.5, 0.6) is 0 Å². The third-order valence-electron chi connectivity index (χ3n) is 4.44. The summed E-state index contributed by atoms with van der Waals surface area (Å²) in [6.45, 7) is 0.768. The highest BCUT2D eigenvalue weighted by Crippen LogP contribution is 2.18. The molecule has 4 rings (SSSR count). The second kappa shape index (κ2) is 7.44. The van der Waals surface area contributed by atoms with E-state index in [4.69, 9.17) is 11.6 Å². The zero-order chi connectivity index (χ0) is 19.7. The number of H-pyrrole nitrogens is 1. The van der Waals surface area contributed by atoms with Gasteiger partial charge in [-0.2, -0.15) is 0 Å². The second-order valence-electron chi connectivity index (χ2n) is 6.58. The zero-order valence-corrected chi connectivity index (χ0v) is 15.8. The van der Waals surface area contributed by atoms with Crippen LogP contribution in [0.1, 0.15) is 21.7 Å². The van der Waals surface area contributed by atoms with Crippen molar-refractivity contribution in [3.63, 3.8) is 0 Å². The van der Waals surface area contributed by atoms with Crippen LogP contribution in [-0.2, 0) is 13.1 Å². The molecule has 0 aliphatic heterocycles. The molecule has 0 radical (unpaired) electrons. The normalized spacial score (nSPS) is 11.1. The Morgan fingerprint density at radius 3 is 2.89 bits per heavy atom. The van der Waals surface area contributed by atoms with E-state index < -0.39 is 0 Å². The van der Waals surface area contributed by atoms with Crippen LogP contribution in [0.4, 0.5) is 4.39 Å². The summed E-state index contributed by atoms with van der Waals surface area (Å²) < 4.78 is 14.9. The summed E-state index contributed by atoms with van der Waals surface area (Å²) in [5.41, 5.74) is 2.77. The molecule has 0 aliphatic carbocycles. The SMILES string of the molecule is CN(Cc1cc2cc(F)ccc2[nH]1)C(=O)c1cn(Cc2ccccc2Cl)nn1. The Labute approximate surface area is 165 Å². The molecule has 0 saturated carbocycles. The maximum atomic E-state index is 13.3. The van der Waals surface area contributed by atoms with E-state index in [9.17, 15) is 9.18 Å². The molecule has 0 unspecified atom stereocenters. The summed E-state index contributed by atoms with van der Waals surface area (Å²) in [6.07, 6.45) is 1.60. The van der Waals surface area contributed by atoms with E-state index in [0.29, 0.717) is 18.1 Å². The van der Waals surface area contributed by atoms with Crippen LogP contribution in [0.3, 0.4) is 0 Å². The molecule has 142 valence electrons.